The monoisotopic (exact) mass is 211 g/mol. The Kier molecular flexibility index (Phi) is 2.55. The summed E-state index contributed by atoms with van der Waals surface area (Å²) in [5, 5.41) is 7.70. The maximum atomic E-state index is 11.5. The highest BCUT2D eigenvalue weighted by molar-refractivity contribution is 7.13. The van der Waals surface area contributed by atoms with Gasteiger partial charge in [0.05, 0.1) is 0 Å². The zero-order valence-electron chi connectivity index (χ0n) is 7.32. The number of nitrogens with zero attached hydrogens (tertiary/aromatic N) is 1. The molecule has 14 heavy (non-hydrogen) atoms. The fourth-order valence-corrected chi connectivity index (χ4v) is 1.83. The van der Waals surface area contributed by atoms with Crippen molar-refractivity contribution in [2.75, 3.05) is 11.9 Å². The average molecular weight is 211 g/mol. The first-order valence-corrected chi connectivity index (χ1v) is 5.12. The van der Waals surface area contributed by atoms with Gasteiger partial charge in [-0.2, -0.15) is 0 Å². The highest BCUT2D eigenvalue weighted by atomic mass is 32.1. The van der Waals surface area contributed by atoms with Gasteiger partial charge >= 0.3 is 0 Å². The smallest absolute Gasteiger partial charge is 0.250 e. The van der Waals surface area contributed by atoms with E-state index in [1.807, 2.05) is 0 Å². The Morgan fingerprint density at radius 1 is 1.71 bits per heavy atom. The van der Waals surface area contributed by atoms with Crippen molar-refractivity contribution in [2.45, 2.75) is 12.5 Å². The van der Waals surface area contributed by atoms with Gasteiger partial charge in [-0.3, -0.25) is 14.9 Å². The molecule has 2 heterocycles. The van der Waals surface area contributed by atoms with Crippen LogP contribution in [0.5, 0.6) is 0 Å². The van der Waals surface area contributed by atoms with Crippen molar-refractivity contribution in [3.8, 4) is 0 Å². The minimum atomic E-state index is -0.695. The van der Waals surface area contributed by atoms with Crippen molar-refractivity contribution in [2.24, 2.45) is 0 Å². The van der Waals surface area contributed by atoms with Gasteiger partial charge in [0.25, 0.3) is 5.91 Å². The molecule has 0 aromatic carbocycles. The van der Waals surface area contributed by atoms with E-state index < -0.39 is 6.04 Å². The molecule has 74 valence electrons. The Morgan fingerprint density at radius 2 is 2.57 bits per heavy atom. The second-order valence-corrected chi connectivity index (χ2v) is 3.82. The van der Waals surface area contributed by atoms with Crippen molar-refractivity contribution in [1.29, 1.82) is 0 Å². The lowest BCUT2D eigenvalue weighted by Gasteiger charge is -2.07. The maximum Gasteiger partial charge on any atom is 0.250 e. The van der Waals surface area contributed by atoms with Gasteiger partial charge in [0.2, 0.25) is 0 Å². The third kappa shape index (κ3) is 1.80. The number of nitrogens with one attached hydrogen (secondary N) is 2. The quantitative estimate of drug-likeness (QED) is 0.676. The van der Waals surface area contributed by atoms with Crippen LogP contribution in [0.2, 0.25) is 0 Å². The predicted octanol–water partition coefficient (Wildman–Crippen LogP) is 0.0126. The Bertz CT molecular complexity index is 349. The van der Waals surface area contributed by atoms with Crippen LogP contribution in [0.15, 0.2) is 11.6 Å². The third-order valence-electron chi connectivity index (χ3n) is 1.97. The van der Waals surface area contributed by atoms with Gasteiger partial charge in [-0.1, -0.05) is 0 Å². The highest BCUT2D eigenvalue weighted by Gasteiger charge is 2.30. The number of hydrogen-bond donors (Lipinski definition) is 2. The average Bonchev–Trinajstić information content (AvgIpc) is 2.75. The van der Waals surface area contributed by atoms with E-state index in [0.29, 0.717) is 18.1 Å². The number of thiazole rings is 1. The molecule has 1 unspecified atom stereocenters. The van der Waals surface area contributed by atoms with Gasteiger partial charge in [0.15, 0.2) is 10.9 Å². The van der Waals surface area contributed by atoms with Crippen LogP contribution in [0.25, 0.3) is 0 Å². The lowest BCUT2D eigenvalue weighted by molar-refractivity contribution is -0.126. The number of Topliss-reactive ketones (excluding diaryl/α,β-unsaturated/α-hetero) is 1. The molecule has 0 bridgehead atoms. The van der Waals surface area contributed by atoms with E-state index >= 15 is 0 Å². The number of amides is 1. The molecule has 0 aliphatic carbocycles. The standard InChI is InChI=1S/C8H9N3O2S/c12-5-1-2-9-6(5)7(13)11-8-10-3-4-14-8/h3-4,6,9H,1-2H2,(H,10,11,13). The van der Waals surface area contributed by atoms with Crippen molar-refractivity contribution in [3.63, 3.8) is 0 Å². The lowest BCUT2D eigenvalue weighted by Crippen LogP contribution is -2.40. The largest absolute Gasteiger partial charge is 0.300 e. The number of ketones is 1. The summed E-state index contributed by atoms with van der Waals surface area (Å²) in [5.41, 5.74) is 0. The summed E-state index contributed by atoms with van der Waals surface area (Å²) in [4.78, 5) is 26.6. The molecule has 2 N–H and O–H groups in total. The fourth-order valence-electron chi connectivity index (χ4n) is 1.30. The van der Waals surface area contributed by atoms with Crippen LogP contribution in [0, 0.1) is 0 Å². The second-order valence-electron chi connectivity index (χ2n) is 2.93. The summed E-state index contributed by atoms with van der Waals surface area (Å²) in [6, 6.07) is -0.695. The van der Waals surface area contributed by atoms with Gasteiger partial charge < -0.3 is 5.32 Å². The molecule has 1 aromatic heterocycles. The van der Waals surface area contributed by atoms with Crippen LogP contribution < -0.4 is 10.6 Å². The Hall–Kier alpha value is -1.27. The van der Waals surface area contributed by atoms with E-state index in [0.717, 1.165) is 0 Å². The van der Waals surface area contributed by atoms with Crippen LogP contribution in [0.3, 0.4) is 0 Å². The van der Waals surface area contributed by atoms with Crippen LogP contribution >= 0.6 is 11.3 Å². The number of hydrogen-bond acceptors (Lipinski definition) is 5. The zero-order valence-corrected chi connectivity index (χ0v) is 8.13. The van der Waals surface area contributed by atoms with Gasteiger partial charge in [0, 0.05) is 24.5 Å². The molecule has 6 heteroatoms. The van der Waals surface area contributed by atoms with Crippen LogP contribution in [-0.2, 0) is 9.59 Å². The van der Waals surface area contributed by atoms with E-state index in [4.69, 9.17) is 0 Å². The molecule has 1 fully saturated rings. The number of anilines is 1. The molecule has 0 radical (unpaired) electrons. The van der Waals surface area contributed by atoms with E-state index in [-0.39, 0.29) is 11.7 Å². The van der Waals surface area contributed by atoms with Crippen molar-refractivity contribution < 1.29 is 9.59 Å². The van der Waals surface area contributed by atoms with Crippen molar-refractivity contribution in [1.82, 2.24) is 10.3 Å². The van der Waals surface area contributed by atoms with Crippen LogP contribution in [-0.4, -0.2) is 29.3 Å². The summed E-state index contributed by atoms with van der Waals surface area (Å²) in [5.74, 6) is -0.374. The molecular weight excluding hydrogens is 202 g/mol. The molecule has 1 aliphatic heterocycles. The van der Waals surface area contributed by atoms with Gasteiger partial charge in [-0.05, 0) is 0 Å². The Balaban J connectivity index is 1.99. The van der Waals surface area contributed by atoms with Gasteiger partial charge in [-0.15, -0.1) is 11.3 Å². The maximum absolute atomic E-state index is 11.5. The van der Waals surface area contributed by atoms with Crippen LogP contribution in [0.4, 0.5) is 5.13 Å². The summed E-state index contributed by atoms with van der Waals surface area (Å²) in [6.45, 7) is 0.578. The molecule has 0 spiro atoms. The number of rotatable bonds is 2. The molecule has 0 saturated carbocycles. The third-order valence-corrected chi connectivity index (χ3v) is 2.66. The normalized spacial score (nSPS) is 21.1. The first-order valence-electron chi connectivity index (χ1n) is 4.24. The predicted molar refractivity (Wildman–Crippen MR) is 52.2 cm³/mol. The highest BCUT2D eigenvalue weighted by Crippen LogP contribution is 2.11. The summed E-state index contributed by atoms with van der Waals surface area (Å²) in [6.07, 6.45) is 2.03. The number of carbonyl (C=O) groups is 2. The molecule has 1 amide bonds. The van der Waals surface area contributed by atoms with E-state index in [2.05, 4.69) is 15.6 Å². The molecule has 5 nitrogen and oxygen atoms in total. The molecule has 1 saturated heterocycles. The number of aromatic nitrogens is 1. The van der Waals surface area contributed by atoms with Gasteiger partial charge in [-0.25, -0.2) is 4.98 Å². The number of carbonyl (C=O) groups excluding carboxylic acids is 2. The summed E-state index contributed by atoms with van der Waals surface area (Å²) >= 11 is 1.33. The zero-order chi connectivity index (χ0) is 9.97. The fraction of sp³-hybridized carbons (Fsp3) is 0.375. The first-order chi connectivity index (χ1) is 6.77. The molecule has 1 aromatic rings. The second kappa shape index (κ2) is 3.85. The minimum Gasteiger partial charge on any atom is -0.300 e. The summed E-state index contributed by atoms with van der Waals surface area (Å²) < 4.78 is 0. The first kappa shape index (κ1) is 9.29. The molecule has 2 rings (SSSR count). The molecular formula is C8H9N3O2S. The lowest BCUT2D eigenvalue weighted by atomic mass is 10.2. The van der Waals surface area contributed by atoms with Gasteiger partial charge in [0.1, 0.15) is 6.04 Å². The van der Waals surface area contributed by atoms with Crippen molar-refractivity contribution in [3.05, 3.63) is 11.6 Å². The Labute approximate surface area is 84.5 Å². The topological polar surface area (TPSA) is 71.1 Å². The van der Waals surface area contributed by atoms with E-state index in [1.165, 1.54) is 11.3 Å². The van der Waals surface area contributed by atoms with Crippen molar-refractivity contribution >= 4 is 28.2 Å². The SMILES string of the molecule is O=C1CCNC1C(=O)Nc1nccs1. The molecule has 1 atom stereocenters. The van der Waals surface area contributed by atoms with E-state index in [1.54, 1.807) is 11.6 Å². The Morgan fingerprint density at radius 3 is 3.14 bits per heavy atom. The molecule has 1 aliphatic rings. The summed E-state index contributed by atoms with van der Waals surface area (Å²) in [7, 11) is 0. The van der Waals surface area contributed by atoms with Crippen LogP contribution in [0.1, 0.15) is 6.42 Å². The minimum absolute atomic E-state index is 0.0564. The van der Waals surface area contributed by atoms with E-state index in [9.17, 15) is 9.59 Å².